The lowest BCUT2D eigenvalue weighted by molar-refractivity contribution is -0.146. The molecular formula is C12H16BrNO2S. The minimum absolute atomic E-state index is 0.0266. The average molecular weight is 318 g/mol. The van der Waals surface area contributed by atoms with Crippen LogP contribution in [0.5, 0.6) is 0 Å². The van der Waals surface area contributed by atoms with E-state index in [1.165, 1.54) is 12.0 Å². The SMILES string of the molecule is COC(=O)C1CN(Cc2sccc2Br)CC1C. The molecule has 0 bridgehead atoms. The monoisotopic (exact) mass is 317 g/mol. The predicted octanol–water partition coefficient (Wildman–Crippen LogP) is 2.75. The number of carbonyl (C=O) groups excluding carboxylic acids is 1. The number of hydrogen-bond acceptors (Lipinski definition) is 4. The lowest BCUT2D eigenvalue weighted by Crippen LogP contribution is -2.24. The summed E-state index contributed by atoms with van der Waals surface area (Å²) < 4.78 is 6.00. The molecular weight excluding hydrogens is 302 g/mol. The maximum Gasteiger partial charge on any atom is 0.310 e. The van der Waals surface area contributed by atoms with Gasteiger partial charge in [0.05, 0.1) is 13.0 Å². The van der Waals surface area contributed by atoms with Crippen molar-refractivity contribution in [3.63, 3.8) is 0 Å². The molecule has 17 heavy (non-hydrogen) atoms. The molecule has 1 fully saturated rings. The second-order valence-electron chi connectivity index (χ2n) is 4.49. The normalized spacial score (nSPS) is 25.1. The van der Waals surface area contributed by atoms with Crippen LogP contribution in [0.1, 0.15) is 11.8 Å². The predicted molar refractivity (Wildman–Crippen MR) is 72.0 cm³/mol. The minimum atomic E-state index is -0.0785. The summed E-state index contributed by atoms with van der Waals surface area (Å²) in [6.07, 6.45) is 0. The van der Waals surface area contributed by atoms with E-state index in [1.54, 1.807) is 11.3 Å². The number of halogens is 1. The van der Waals surface area contributed by atoms with Crippen LogP contribution in [-0.4, -0.2) is 31.1 Å². The molecule has 1 aromatic heterocycles. The number of methoxy groups -OCH3 is 1. The Kier molecular flexibility index (Phi) is 4.22. The van der Waals surface area contributed by atoms with Gasteiger partial charge in [0.1, 0.15) is 0 Å². The smallest absolute Gasteiger partial charge is 0.310 e. The summed E-state index contributed by atoms with van der Waals surface area (Å²) in [5, 5.41) is 2.08. The van der Waals surface area contributed by atoms with Gasteiger partial charge in [0, 0.05) is 29.0 Å². The van der Waals surface area contributed by atoms with Crippen LogP contribution in [-0.2, 0) is 16.1 Å². The van der Waals surface area contributed by atoms with E-state index in [-0.39, 0.29) is 11.9 Å². The number of esters is 1. The Morgan fingerprint density at radius 1 is 1.65 bits per heavy atom. The minimum Gasteiger partial charge on any atom is -0.469 e. The van der Waals surface area contributed by atoms with Crippen molar-refractivity contribution in [3.05, 3.63) is 20.8 Å². The fraction of sp³-hybridized carbons (Fsp3) is 0.583. The van der Waals surface area contributed by atoms with Crippen molar-refractivity contribution in [2.24, 2.45) is 11.8 Å². The summed E-state index contributed by atoms with van der Waals surface area (Å²) in [6, 6.07) is 2.07. The molecule has 1 aromatic rings. The average Bonchev–Trinajstić information content (AvgIpc) is 2.86. The van der Waals surface area contributed by atoms with Gasteiger partial charge in [0.25, 0.3) is 0 Å². The lowest BCUT2D eigenvalue weighted by atomic mass is 9.99. The second-order valence-corrected chi connectivity index (χ2v) is 6.35. The third-order valence-electron chi connectivity index (χ3n) is 3.25. The number of likely N-dealkylation sites (tertiary alicyclic amines) is 1. The van der Waals surface area contributed by atoms with E-state index in [1.807, 2.05) is 0 Å². The number of thiophene rings is 1. The van der Waals surface area contributed by atoms with Crippen molar-refractivity contribution < 1.29 is 9.53 Å². The molecule has 2 rings (SSSR count). The zero-order valence-electron chi connectivity index (χ0n) is 9.98. The van der Waals surface area contributed by atoms with Gasteiger partial charge in [0.15, 0.2) is 0 Å². The standard InChI is InChI=1S/C12H16BrNO2S/c1-8-5-14(6-9(8)12(15)16-2)7-11-10(13)3-4-17-11/h3-4,8-9H,5-7H2,1-2H3. The number of carbonyl (C=O) groups is 1. The molecule has 2 heterocycles. The Morgan fingerprint density at radius 2 is 2.41 bits per heavy atom. The highest BCUT2D eigenvalue weighted by Crippen LogP contribution is 2.29. The van der Waals surface area contributed by atoms with Crippen LogP contribution in [0, 0.1) is 11.8 Å². The number of hydrogen-bond donors (Lipinski definition) is 0. The topological polar surface area (TPSA) is 29.5 Å². The van der Waals surface area contributed by atoms with E-state index < -0.39 is 0 Å². The molecule has 0 N–H and O–H groups in total. The lowest BCUT2D eigenvalue weighted by Gasteiger charge is -2.14. The highest BCUT2D eigenvalue weighted by Gasteiger charge is 2.35. The zero-order valence-corrected chi connectivity index (χ0v) is 12.4. The molecule has 94 valence electrons. The summed E-state index contributed by atoms with van der Waals surface area (Å²) >= 11 is 5.29. The highest BCUT2D eigenvalue weighted by atomic mass is 79.9. The maximum absolute atomic E-state index is 11.6. The fourth-order valence-corrected chi connectivity index (χ4v) is 3.81. The summed E-state index contributed by atoms with van der Waals surface area (Å²) in [4.78, 5) is 15.2. The Labute approximate surface area is 114 Å². The number of nitrogens with zero attached hydrogens (tertiary/aromatic N) is 1. The van der Waals surface area contributed by atoms with Crippen molar-refractivity contribution >= 4 is 33.2 Å². The first kappa shape index (κ1) is 13.1. The molecule has 2 unspecified atom stereocenters. The van der Waals surface area contributed by atoms with E-state index in [0.29, 0.717) is 5.92 Å². The Balaban J connectivity index is 1.97. The van der Waals surface area contributed by atoms with Gasteiger partial charge < -0.3 is 4.74 Å². The quantitative estimate of drug-likeness (QED) is 0.803. The van der Waals surface area contributed by atoms with Crippen molar-refractivity contribution in [2.45, 2.75) is 13.5 Å². The molecule has 0 amide bonds. The third kappa shape index (κ3) is 2.89. The van der Waals surface area contributed by atoms with E-state index in [4.69, 9.17) is 4.74 Å². The molecule has 1 aliphatic heterocycles. The van der Waals surface area contributed by atoms with Crippen LogP contribution in [0.15, 0.2) is 15.9 Å². The molecule has 0 aromatic carbocycles. The van der Waals surface area contributed by atoms with Gasteiger partial charge in [-0.15, -0.1) is 11.3 Å². The van der Waals surface area contributed by atoms with Crippen LogP contribution in [0.2, 0.25) is 0 Å². The van der Waals surface area contributed by atoms with Crippen LogP contribution in [0.3, 0.4) is 0 Å². The van der Waals surface area contributed by atoms with Crippen molar-refractivity contribution in [2.75, 3.05) is 20.2 Å². The largest absolute Gasteiger partial charge is 0.469 e. The Bertz CT molecular complexity index is 407. The summed E-state index contributed by atoms with van der Waals surface area (Å²) in [7, 11) is 1.47. The van der Waals surface area contributed by atoms with Crippen molar-refractivity contribution in [1.82, 2.24) is 4.90 Å². The molecule has 3 nitrogen and oxygen atoms in total. The van der Waals surface area contributed by atoms with Gasteiger partial charge in [-0.2, -0.15) is 0 Å². The van der Waals surface area contributed by atoms with Gasteiger partial charge in [-0.3, -0.25) is 9.69 Å². The second kappa shape index (κ2) is 5.50. The van der Waals surface area contributed by atoms with Gasteiger partial charge in [0.2, 0.25) is 0 Å². The first-order valence-electron chi connectivity index (χ1n) is 5.64. The summed E-state index contributed by atoms with van der Waals surface area (Å²) in [5.41, 5.74) is 0. The Morgan fingerprint density at radius 3 is 3.00 bits per heavy atom. The van der Waals surface area contributed by atoms with E-state index in [2.05, 4.69) is 39.2 Å². The number of ether oxygens (including phenoxy) is 1. The molecule has 1 saturated heterocycles. The van der Waals surface area contributed by atoms with Gasteiger partial charge in [-0.25, -0.2) is 0 Å². The highest BCUT2D eigenvalue weighted by molar-refractivity contribution is 9.10. The molecule has 0 spiro atoms. The summed E-state index contributed by atoms with van der Waals surface area (Å²) in [5.74, 6) is 0.324. The van der Waals surface area contributed by atoms with E-state index >= 15 is 0 Å². The molecule has 0 saturated carbocycles. The van der Waals surface area contributed by atoms with Crippen LogP contribution >= 0.6 is 27.3 Å². The fourth-order valence-electron chi connectivity index (χ4n) is 2.30. The van der Waals surface area contributed by atoms with Gasteiger partial charge >= 0.3 is 5.97 Å². The molecule has 0 radical (unpaired) electrons. The van der Waals surface area contributed by atoms with Crippen LogP contribution in [0.4, 0.5) is 0 Å². The van der Waals surface area contributed by atoms with Gasteiger partial charge in [-0.1, -0.05) is 6.92 Å². The Hall–Kier alpha value is -0.390. The first-order valence-corrected chi connectivity index (χ1v) is 7.31. The van der Waals surface area contributed by atoms with E-state index in [9.17, 15) is 4.79 Å². The van der Waals surface area contributed by atoms with Crippen LogP contribution < -0.4 is 0 Å². The molecule has 2 atom stereocenters. The van der Waals surface area contributed by atoms with Crippen molar-refractivity contribution in [1.29, 1.82) is 0 Å². The van der Waals surface area contributed by atoms with Gasteiger partial charge in [-0.05, 0) is 33.3 Å². The first-order chi connectivity index (χ1) is 8.11. The zero-order chi connectivity index (χ0) is 12.4. The van der Waals surface area contributed by atoms with Crippen molar-refractivity contribution in [3.8, 4) is 0 Å². The molecule has 5 heteroatoms. The number of rotatable bonds is 3. The maximum atomic E-state index is 11.6. The van der Waals surface area contributed by atoms with E-state index in [0.717, 1.165) is 24.1 Å². The summed E-state index contributed by atoms with van der Waals surface area (Å²) in [6.45, 7) is 4.80. The van der Waals surface area contributed by atoms with Crippen LogP contribution in [0.25, 0.3) is 0 Å². The third-order valence-corrected chi connectivity index (χ3v) is 5.16. The molecule has 0 aliphatic carbocycles. The molecule has 1 aliphatic rings.